The number of hydrogen-bond acceptors (Lipinski definition) is 8. The number of amides is 1. The summed E-state index contributed by atoms with van der Waals surface area (Å²) in [5.74, 6) is 1.55. The summed E-state index contributed by atoms with van der Waals surface area (Å²) in [6, 6.07) is 13.2. The SMILES string of the molecule is COc1cc(OC)cc(C(=O)Nc2nc(-c3nnn(-c4ccc(C(C)C)cc4)c3C)ns2)c1. The Bertz CT molecular complexity index is 1260. The first-order valence-corrected chi connectivity index (χ1v) is 11.1. The van der Waals surface area contributed by atoms with Crippen LogP contribution >= 0.6 is 11.5 Å². The monoisotopic (exact) mass is 464 g/mol. The molecule has 0 saturated heterocycles. The van der Waals surface area contributed by atoms with Crippen molar-refractivity contribution in [3.63, 3.8) is 0 Å². The van der Waals surface area contributed by atoms with Crippen LogP contribution in [0.3, 0.4) is 0 Å². The van der Waals surface area contributed by atoms with Gasteiger partial charge in [0.1, 0.15) is 11.5 Å². The average Bonchev–Trinajstić information content (AvgIpc) is 3.44. The van der Waals surface area contributed by atoms with Crippen LogP contribution in [0.15, 0.2) is 42.5 Å². The van der Waals surface area contributed by atoms with E-state index in [2.05, 4.69) is 51.0 Å². The quantitative estimate of drug-likeness (QED) is 0.430. The Morgan fingerprint density at radius 3 is 2.33 bits per heavy atom. The van der Waals surface area contributed by atoms with Crippen molar-refractivity contribution < 1.29 is 14.3 Å². The fourth-order valence-corrected chi connectivity index (χ4v) is 3.83. The van der Waals surface area contributed by atoms with Crippen molar-refractivity contribution in [2.75, 3.05) is 19.5 Å². The van der Waals surface area contributed by atoms with E-state index < -0.39 is 0 Å². The maximum Gasteiger partial charge on any atom is 0.257 e. The highest BCUT2D eigenvalue weighted by molar-refractivity contribution is 7.10. The van der Waals surface area contributed by atoms with Gasteiger partial charge in [-0.25, -0.2) is 4.68 Å². The van der Waals surface area contributed by atoms with Crippen LogP contribution in [0.2, 0.25) is 0 Å². The Balaban J connectivity index is 1.54. The molecule has 1 amide bonds. The van der Waals surface area contributed by atoms with Crippen molar-refractivity contribution in [2.45, 2.75) is 26.7 Å². The van der Waals surface area contributed by atoms with Crippen LogP contribution < -0.4 is 14.8 Å². The zero-order chi connectivity index (χ0) is 23.5. The van der Waals surface area contributed by atoms with Gasteiger partial charge in [-0.1, -0.05) is 31.2 Å². The summed E-state index contributed by atoms with van der Waals surface area (Å²) in [4.78, 5) is 17.1. The number of rotatable bonds is 7. The first-order valence-electron chi connectivity index (χ1n) is 10.3. The predicted octanol–water partition coefficient (Wildman–Crippen LogP) is 4.49. The van der Waals surface area contributed by atoms with Gasteiger partial charge in [-0.2, -0.15) is 9.36 Å². The molecule has 0 bridgehead atoms. The van der Waals surface area contributed by atoms with E-state index in [1.807, 2.05) is 19.1 Å². The standard InChI is InChI=1S/C23H24N6O3S/c1-13(2)15-6-8-17(9-7-15)29-14(3)20(26-28-29)21-24-23(33-27-21)25-22(30)16-10-18(31-4)12-19(11-16)32-5/h6-13H,1-5H3,(H,24,25,27,30). The second-order valence-corrected chi connectivity index (χ2v) is 8.41. The Morgan fingerprint density at radius 1 is 1.06 bits per heavy atom. The summed E-state index contributed by atoms with van der Waals surface area (Å²) in [5.41, 5.74) is 3.91. The molecule has 0 atom stereocenters. The Labute approximate surface area is 195 Å². The molecular formula is C23H24N6O3S. The molecule has 2 aromatic heterocycles. The van der Waals surface area contributed by atoms with Crippen molar-refractivity contribution in [2.24, 2.45) is 0 Å². The van der Waals surface area contributed by atoms with Crippen LogP contribution in [-0.2, 0) is 0 Å². The molecule has 0 unspecified atom stereocenters. The van der Waals surface area contributed by atoms with Gasteiger partial charge in [0.05, 0.1) is 25.6 Å². The molecule has 4 aromatic rings. The van der Waals surface area contributed by atoms with E-state index in [0.29, 0.717) is 39.6 Å². The van der Waals surface area contributed by atoms with E-state index in [0.717, 1.165) is 22.9 Å². The lowest BCUT2D eigenvalue weighted by Gasteiger charge is -2.08. The van der Waals surface area contributed by atoms with Crippen molar-refractivity contribution in [1.82, 2.24) is 24.4 Å². The number of carbonyl (C=O) groups excluding carboxylic acids is 1. The molecular weight excluding hydrogens is 440 g/mol. The van der Waals surface area contributed by atoms with Crippen molar-refractivity contribution >= 4 is 22.6 Å². The Kier molecular flexibility index (Phi) is 6.36. The molecule has 2 heterocycles. The van der Waals surface area contributed by atoms with Crippen LogP contribution in [0.4, 0.5) is 5.13 Å². The molecule has 0 fully saturated rings. The minimum atomic E-state index is -0.347. The van der Waals surface area contributed by atoms with E-state index in [1.165, 1.54) is 19.8 Å². The van der Waals surface area contributed by atoms with Crippen LogP contribution in [-0.4, -0.2) is 44.5 Å². The molecule has 0 aliphatic rings. The smallest absolute Gasteiger partial charge is 0.257 e. The fraction of sp³-hybridized carbons (Fsp3) is 0.261. The van der Waals surface area contributed by atoms with Gasteiger partial charge in [-0.15, -0.1) is 5.10 Å². The molecule has 10 heteroatoms. The zero-order valence-electron chi connectivity index (χ0n) is 19.0. The van der Waals surface area contributed by atoms with Gasteiger partial charge in [0.15, 0.2) is 11.5 Å². The highest BCUT2D eigenvalue weighted by Crippen LogP contribution is 2.26. The second kappa shape index (κ2) is 9.37. The zero-order valence-corrected chi connectivity index (χ0v) is 19.8. The number of benzene rings is 2. The van der Waals surface area contributed by atoms with E-state index in [4.69, 9.17) is 9.47 Å². The highest BCUT2D eigenvalue weighted by Gasteiger charge is 2.18. The van der Waals surface area contributed by atoms with Gasteiger partial charge < -0.3 is 9.47 Å². The summed E-state index contributed by atoms with van der Waals surface area (Å²) in [7, 11) is 3.06. The fourth-order valence-electron chi connectivity index (χ4n) is 3.26. The number of aromatic nitrogens is 5. The van der Waals surface area contributed by atoms with E-state index in [9.17, 15) is 4.79 Å². The van der Waals surface area contributed by atoms with Gasteiger partial charge >= 0.3 is 0 Å². The van der Waals surface area contributed by atoms with Crippen LogP contribution in [0, 0.1) is 6.92 Å². The molecule has 0 saturated carbocycles. The summed E-state index contributed by atoms with van der Waals surface area (Å²) < 4.78 is 16.6. The predicted molar refractivity (Wildman–Crippen MR) is 127 cm³/mol. The lowest BCUT2D eigenvalue weighted by Crippen LogP contribution is -2.12. The summed E-state index contributed by atoms with van der Waals surface area (Å²) in [5, 5.41) is 11.7. The minimum Gasteiger partial charge on any atom is -0.497 e. The average molecular weight is 465 g/mol. The number of nitrogens with zero attached hydrogens (tertiary/aromatic N) is 5. The van der Waals surface area contributed by atoms with Gasteiger partial charge in [0, 0.05) is 23.2 Å². The number of ether oxygens (including phenoxy) is 2. The number of hydrogen-bond donors (Lipinski definition) is 1. The maximum atomic E-state index is 12.7. The van der Waals surface area contributed by atoms with Gasteiger partial charge in [0.25, 0.3) is 5.91 Å². The molecule has 9 nitrogen and oxygen atoms in total. The van der Waals surface area contributed by atoms with E-state index in [-0.39, 0.29) is 5.91 Å². The number of nitrogens with one attached hydrogen (secondary N) is 1. The summed E-state index contributed by atoms with van der Waals surface area (Å²) >= 11 is 1.07. The van der Waals surface area contributed by atoms with Gasteiger partial charge in [-0.05, 0) is 42.7 Å². The topological polar surface area (TPSA) is 104 Å². The van der Waals surface area contributed by atoms with Crippen molar-refractivity contribution in [3.05, 3.63) is 59.3 Å². The van der Waals surface area contributed by atoms with E-state index >= 15 is 0 Å². The normalized spacial score (nSPS) is 11.0. The van der Waals surface area contributed by atoms with Crippen molar-refractivity contribution in [3.8, 4) is 28.7 Å². The third-order valence-corrected chi connectivity index (χ3v) is 5.80. The lowest BCUT2D eigenvalue weighted by molar-refractivity contribution is 0.102. The molecule has 2 aromatic carbocycles. The Hall–Kier alpha value is -3.79. The molecule has 170 valence electrons. The lowest BCUT2D eigenvalue weighted by atomic mass is 10.0. The number of anilines is 1. The molecule has 0 aliphatic heterocycles. The molecule has 0 radical (unpaired) electrons. The first kappa shape index (κ1) is 22.4. The Morgan fingerprint density at radius 2 is 1.73 bits per heavy atom. The highest BCUT2D eigenvalue weighted by atomic mass is 32.1. The number of methoxy groups -OCH3 is 2. The molecule has 1 N–H and O–H groups in total. The van der Waals surface area contributed by atoms with Crippen molar-refractivity contribution in [1.29, 1.82) is 0 Å². The molecule has 0 spiro atoms. The van der Waals surface area contributed by atoms with Crippen LogP contribution in [0.1, 0.15) is 41.4 Å². The van der Waals surface area contributed by atoms with Gasteiger partial charge in [-0.3, -0.25) is 10.1 Å². The van der Waals surface area contributed by atoms with Gasteiger partial charge in [0.2, 0.25) is 5.13 Å². The van der Waals surface area contributed by atoms with E-state index in [1.54, 1.807) is 22.9 Å². The maximum absolute atomic E-state index is 12.7. The molecule has 4 rings (SSSR count). The molecule has 33 heavy (non-hydrogen) atoms. The third-order valence-electron chi connectivity index (χ3n) is 5.17. The summed E-state index contributed by atoms with van der Waals surface area (Å²) in [6.07, 6.45) is 0. The third kappa shape index (κ3) is 4.70. The number of carbonyl (C=O) groups is 1. The van der Waals surface area contributed by atoms with Crippen LogP contribution in [0.5, 0.6) is 11.5 Å². The largest absolute Gasteiger partial charge is 0.497 e. The summed E-state index contributed by atoms with van der Waals surface area (Å²) in [6.45, 7) is 6.22. The minimum absolute atomic E-state index is 0.347. The second-order valence-electron chi connectivity index (χ2n) is 7.66. The first-order chi connectivity index (χ1) is 15.9. The van der Waals surface area contributed by atoms with Crippen LogP contribution in [0.25, 0.3) is 17.2 Å². The molecule has 0 aliphatic carbocycles.